The van der Waals surface area contributed by atoms with E-state index in [0.29, 0.717) is 22.2 Å². The number of anilines is 1. The highest BCUT2D eigenvalue weighted by molar-refractivity contribution is 6.30. The van der Waals surface area contributed by atoms with Crippen molar-refractivity contribution in [1.29, 1.82) is 0 Å². The molecule has 154 valence electrons. The second kappa shape index (κ2) is 10.3. The molecule has 0 fully saturated rings. The number of ether oxygens (including phenoxy) is 3. The molecule has 0 aromatic heterocycles. The summed E-state index contributed by atoms with van der Waals surface area (Å²) < 4.78 is 15.3. The van der Waals surface area contributed by atoms with Crippen molar-refractivity contribution < 1.29 is 28.6 Å². The highest BCUT2D eigenvalue weighted by Gasteiger charge is 2.19. The zero-order valence-corrected chi connectivity index (χ0v) is 16.9. The van der Waals surface area contributed by atoms with E-state index in [-0.39, 0.29) is 5.56 Å². The van der Waals surface area contributed by atoms with E-state index in [1.54, 1.807) is 30.3 Å². The van der Waals surface area contributed by atoms with Crippen LogP contribution in [0.2, 0.25) is 5.02 Å². The third-order valence-corrected chi connectivity index (χ3v) is 4.01. The van der Waals surface area contributed by atoms with Crippen molar-refractivity contribution in [2.45, 2.75) is 13.0 Å². The largest absolute Gasteiger partial charge is 0.497 e. The molecule has 1 atom stereocenters. The van der Waals surface area contributed by atoms with E-state index in [2.05, 4.69) is 10.6 Å². The summed E-state index contributed by atoms with van der Waals surface area (Å²) >= 11 is 5.86. The summed E-state index contributed by atoms with van der Waals surface area (Å²) in [6.07, 6.45) is -1.06. The van der Waals surface area contributed by atoms with E-state index < -0.39 is 30.4 Å². The molecule has 2 aromatic carbocycles. The van der Waals surface area contributed by atoms with Crippen molar-refractivity contribution >= 4 is 35.1 Å². The van der Waals surface area contributed by atoms with E-state index in [9.17, 15) is 14.4 Å². The molecule has 2 aromatic rings. The Labute approximate surface area is 173 Å². The van der Waals surface area contributed by atoms with Crippen LogP contribution >= 0.6 is 11.6 Å². The van der Waals surface area contributed by atoms with E-state index in [1.165, 1.54) is 33.3 Å². The van der Waals surface area contributed by atoms with Crippen molar-refractivity contribution in [3.8, 4) is 11.5 Å². The monoisotopic (exact) mass is 420 g/mol. The van der Waals surface area contributed by atoms with E-state index in [4.69, 9.17) is 25.8 Å². The number of halogens is 1. The summed E-state index contributed by atoms with van der Waals surface area (Å²) in [5, 5.41) is 5.48. The number of carbonyl (C=O) groups excluding carboxylic acids is 3. The van der Waals surface area contributed by atoms with Gasteiger partial charge in [-0.05, 0) is 37.3 Å². The van der Waals surface area contributed by atoms with Gasteiger partial charge in [-0.2, -0.15) is 0 Å². The summed E-state index contributed by atoms with van der Waals surface area (Å²) in [5.74, 6) is -0.937. The third-order valence-electron chi connectivity index (χ3n) is 3.78. The van der Waals surface area contributed by atoms with Gasteiger partial charge in [-0.15, -0.1) is 0 Å². The highest BCUT2D eigenvalue weighted by Crippen LogP contribution is 2.22. The SMILES string of the molecule is COc1cc(OC)cc(C(=O)NCC(=O)O[C@@H](C)C(=O)Nc2cccc(Cl)c2)c1. The Hall–Kier alpha value is -3.26. The molecule has 8 nitrogen and oxygen atoms in total. The number of rotatable bonds is 8. The summed E-state index contributed by atoms with van der Waals surface area (Å²) in [7, 11) is 2.92. The second-order valence-electron chi connectivity index (χ2n) is 5.92. The predicted octanol–water partition coefficient (Wildman–Crippen LogP) is 2.66. The topological polar surface area (TPSA) is 103 Å². The zero-order chi connectivity index (χ0) is 21.4. The first-order valence-electron chi connectivity index (χ1n) is 8.59. The number of methoxy groups -OCH3 is 2. The number of esters is 1. The second-order valence-corrected chi connectivity index (χ2v) is 6.35. The van der Waals surface area contributed by atoms with Crippen LogP contribution in [0.4, 0.5) is 5.69 Å². The van der Waals surface area contributed by atoms with Gasteiger partial charge in [0.2, 0.25) is 0 Å². The summed E-state index contributed by atoms with van der Waals surface area (Å²) in [6, 6.07) is 11.2. The molecular weight excluding hydrogens is 400 g/mol. The van der Waals surface area contributed by atoms with Crippen molar-refractivity contribution in [3.05, 3.63) is 53.1 Å². The molecule has 2 rings (SSSR count). The third kappa shape index (κ3) is 6.69. The highest BCUT2D eigenvalue weighted by atomic mass is 35.5. The molecule has 0 heterocycles. The van der Waals surface area contributed by atoms with Crippen LogP contribution in [-0.4, -0.2) is 44.7 Å². The van der Waals surface area contributed by atoms with Crippen LogP contribution < -0.4 is 20.1 Å². The van der Waals surface area contributed by atoms with Crippen molar-refractivity contribution in [2.24, 2.45) is 0 Å². The number of benzene rings is 2. The van der Waals surface area contributed by atoms with Crippen molar-refractivity contribution in [2.75, 3.05) is 26.1 Å². The lowest BCUT2D eigenvalue weighted by Crippen LogP contribution is -2.35. The van der Waals surface area contributed by atoms with E-state index in [0.717, 1.165) is 0 Å². The first kappa shape index (κ1) is 22.0. The minimum absolute atomic E-state index is 0.251. The molecule has 0 radical (unpaired) electrons. The molecule has 0 saturated carbocycles. The first-order valence-corrected chi connectivity index (χ1v) is 8.97. The lowest BCUT2D eigenvalue weighted by Gasteiger charge is -2.14. The van der Waals surface area contributed by atoms with E-state index >= 15 is 0 Å². The van der Waals surface area contributed by atoms with Gasteiger partial charge >= 0.3 is 5.97 Å². The van der Waals surface area contributed by atoms with Crippen LogP contribution in [0.25, 0.3) is 0 Å². The number of nitrogens with one attached hydrogen (secondary N) is 2. The number of carbonyl (C=O) groups is 3. The first-order chi connectivity index (χ1) is 13.8. The molecule has 0 unspecified atom stereocenters. The van der Waals surface area contributed by atoms with Crippen molar-refractivity contribution in [3.63, 3.8) is 0 Å². The molecule has 0 saturated heterocycles. The van der Waals surface area contributed by atoms with Crippen LogP contribution in [0.15, 0.2) is 42.5 Å². The standard InChI is InChI=1S/C20H21ClN2O6/c1-12(19(25)23-15-6-4-5-14(21)9-15)29-18(24)11-22-20(26)13-7-16(27-2)10-17(8-13)28-3/h4-10,12H,11H2,1-3H3,(H,22,26)(H,23,25)/t12-/m0/s1. The minimum atomic E-state index is -1.06. The normalized spacial score (nSPS) is 11.2. The molecule has 0 aliphatic rings. The van der Waals surface area contributed by atoms with Gasteiger partial charge in [0.05, 0.1) is 14.2 Å². The maximum atomic E-state index is 12.3. The van der Waals surface area contributed by atoms with Gasteiger partial charge < -0.3 is 24.8 Å². The Morgan fingerprint density at radius 1 is 1.03 bits per heavy atom. The van der Waals surface area contributed by atoms with Crippen LogP contribution in [0.3, 0.4) is 0 Å². The number of amides is 2. The van der Waals surface area contributed by atoms with Gasteiger partial charge in [0.1, 0.15) is 18.0 Å². The molecule has 9 heteroatoms. The van der Waals surface area contributed by atoms with Gasteiger partial charge in [-0.1, -0.05) is 17.7 Å². The zero-order valence-electron chi connectivity index (χ0n) is 16.2. The summed E-state index contributed by atoms with van der Waals surface area (Å²) in [5.41, 5.74) is 0.728. The molecule has 0 aliphatic carbocycles. The van der Waals surface area contributed by atoms with Crippen LogP contribution in [0.5, 0.6) is 11.5 Å². The van der Waals surface area contributed by atoms with Gasteiger partial charge in [-0.25, -0.2) is 0 Å². The van der Waals surface area contributed by atoms with Crippen LogP contribution in [0, 0.1) is 0 Å². The van der Waals surface area contributed by atoms with Gasteiger partial charge in [0, 0.05) is 22.3 Å². The van der Waals surface area contributed by atoms with Crippen LogP contribution in [-0.2, 0) is 14.3 Å². The average Bonchev–Trinajstić information content (AvgIpc) is 2.71. The average molecular weight is 421 g/mol. The minimum Gasteiger partial charge on any atom is -0.497 e. The molecular formula is C20H21ClN2O6. The fourth-order valence-electron chi connectivity index (χ4n) is 2.30. The number of hydrogen-bond donors (Lipinski definition) is 2. The maximum Gasteiger partial charge on any atom is 0.326 e. The fraction of sp³-hybridized carbons (Fsp3) is 0.250. The Kier molecular flexibility index (Phi) is 7.85. The molecule has 0 bridgehead atoms. The molecule has 0 spiro atoms. The lowest BCUT2D eigenvalue weighted by atomic mass is 10.2. The molecule has 0 aliphatic heterocycles. The van der Waals surface area contributed by atoms with Crippen molar-refractivity contribution in [1.82, 2.24) is 5.32 Å². The molecule has 2 N–H and O–H groups in total. The Morgan fingerprint density at radius 2 is 1.69 bits per heavy atom. The summed E-state index contributed by atoms with van der Waals surface area (Å²) in [4.78, 5) is 36.3. The Bertz CT molecular complexity index is 880. The van der Waals surface area contributed by atoms with Gasteiger partial charge in [-0.3, -0.25) is 14.4 Å². The van der Waals surface area contributed by atoms with Gasteiger partial charge in [0.15, 0.2) is 6.10 Å². The smallest absolute Gasteiger partial charge is 0.326 e. The Balaban J connectivity index is 1.87. The van der Waals surface area contributed by atoms with E-state index in [1.807, 2.05) is 0 Å². The van der Waals surface area contributed by atoms with Crippen LogP contribution in [0.1, 0.15) is 17.3 Å². The summed E-state index contributed by atoms with van der Waals surface area (Å²) in [6.45, 7) is 1.01. The molecule has 2 amide bonds. The Morgan fingerprint density at radius 3 is 2.28 bits per heavy atom. The van der Waals surface area contributed by atoms with Gasteiger partial charge in [0.25, 0.3) is 11.8 Å². The lowest BCUT2D eigenvalue weighted by molar-refractivity contribution is -0.152. The predicted molar refractivity (Wildman–Crippen MR) is 108 cm³/mol. The fourth-order valence-corrected chi connectivity index (χ4v) is 2.49. The number of hydrogen-bond acceptors (Lipinski definition) is 6. The maximum absolute atomic E-state index is 12.3. The molecule has 29 heavy (non-hydrogen) atoms. The quantitative estimate of drug-likeness (QED) is 0.636.